The normalized spacial score (nSPS) is 40.6. The largest absolute Gasteiger partial charge is 0.478 e. The van der Waals surface area contributed by atoms with Crippen LogP contribution in [0.4, 0.5) is 4.39 Å². The molecule has 4 rings (SSSR count). The Labute approximate surface area is 250 Å². The van der Waals surface area contributed by atoms with E-state index in [9.17, 15) is 15.0 Å². The molecular weight excluding hydrogens is 531 g/mol. The predicted molar refractivity (Wildman–Crippen MR) is 168 cm³/mol. The molecule has 0 aliphatic heterocycles. The van der Waals surface area contributed by atoms with Gasteiger partial charge >= 0.3 is 5.97 Å². The summed E-state index contributed by atoms with van der Waals surface area (Å²) in [5.41, 5.74) is 2.67. The molecule has 2 unspecified atom stereocenters. The molecule has 2 fully saturated rings. The Morgan fingerprint density at radius 3 is 2.32 bits per heavy atom. The van der Waals surface area contributed by atoms with Gasteiger partial charge in [-0.15, -0.1) is 0 Å². The molecular formula is C35H59FO4Si. The van der Waals surface area contributed by atoms with Gasteiger partial charge in [-0.1, -0.05) is 79.5 Å². The highest BCUT2D eigenvalue weighted by atomic mass is 28.4. The number of carboxylic acid groups (broad SMARTS) is 1. The first-order valence-electron chi connectivity index (χ1n) is 16.3. The standard InChI is InChI=1S/C35H59FO4Si/c1-22(27(13-12-14-29(37)38)40-41(10,11)31(2,3)4)23-17-19-35(9)25-15-16-28-32(5,6)30(39)26(36)21-33(28,7)24(25)18-20-34(23,35)8/h12,14,22-23,26-28,30,39H,13,15-21H2,1-11H3,(H,37,38)/b14-12+/t22-,23+,26+,27?,28?,30-,33+,34+,35-/m0/s1. The van der Waals surface area contributed by atoms with Gasteiger partial charge in [-0.3, -0.25) is 0 Å². The van der Waals surface area contributed by atoms with Crippen LogP contribution in [0.1, 0.15) is 114 Å². The monoisotopic (exact) mass is 590 g/mol. The fraction of sp³-hybridized carbons (Fsp3) is 0.857. The van der Waals surface area contributed by atoms with Gasteiger partial charge in [0.05, 0.1) is 12.2 Å². The van der Waals surface area contributed by atoms with Crippen molar-refractivity contribution in [2.45, 2.75) is 150 Å². The Morgan fingerprint density at radius 1 is 1.10 bits per heavy atom. The summed E-state index contributed by atoms with van der Waals surface area (Å²) in [6.45, 7) is 25.2. The van der Waals surface area contributed by atoms with Crippen LogP contribution >= 0.6 is 0 Å². The smallest absolute Gasteiger partial charge is 0.327 e. The van der Waals surface area contributed by atoms with Gasteiger partial charge in [0.1, 0.15) is 6.17 Å². The lowest BCUT2D eigenvalue weighted by Gasteiger charge is -2.62. The quantitative estimate of drug-likeness (QED) is 0.176. The zero-order valence-corrected chi connectivity index (χ0v) is 28.9. The minimum atomic E-state index is -2.08. The zero-order chi connectivity index (χ0) is 31.0. The lowest BCUT2D eigenvalue weighted by Crippen LogP contribution is -2.58. The molecule has 4 aliphatic carbocycles. The van der Waals surface area contributed by atoms with Crippen LogP contribution < -0.4 is 0 Å². The minimum Gasteiger partial charge on any atom is -0.478 e. The van der Waals surface area contributed by atoms with Crippen molar-refractivity contribution >= 4 is 14.3 Å². The Hall–Kier alpha value is -0.983. The molecule has 0 aromatic carbocycles. The summed E-state index contributed by atoms with van der Waals surface area (Å²) in [5, 5.41) is 20.2. The zero-order valence-electron chi connectivity index (χ0n) is 27.9. The number of hydrogen-bond acceptors (Lipinski definition) is 3. The molecule has 0 aromatic rings. The van der Waals surface area contributed by atoms with Crippen LogP contribution in [0.2, 0.25) is 18.1 Å². The van der Waals surface area contributed by atoms with Gasteiger partial charge in [0.2, 0.25) is 0 Å². The molecule has 0 aromatic heterocycles. The molecule has 0 amide bonds. The van der Waals surface area contributed by atoms with Crippen molar-refractivity contribution in [2.24, 2.45) is 39.4 Å². The highest BCUT2D eigenvalue weighted by Crippen LogP contribution is 2.72. The van der Waals surface area contributed by atoms with Crippen LogP contribution in [0.5, 0.6) is 0 Å². The minimum absolute atomic E-state index is 0.0211. The Balaban J connectivity index is 1.69. The second-order valence-electron chi connectivity index (χ2n) is 17.1. The molecule has 41 heavy (non-hydrogen) atoms. The average Bonchev–Trinajstić information content (AvgIpc) is 3.12. The molecule has 0 saturated heterocycles. The van der Waals surface area contributed by atoms with Gasteiger partial charge < -0.3 is 14.6 Å². The fourth-order valence-corrected chi connectivity index (χ4v) is 11.6. The van der Waals surface area contributed by atoms with Crippen molar-refractivity contribution in [3.05, 3.63) is 23.3 Å². The molecule has 9 atom stereocenters. The van der Waals surface area contributed by atoms with E-state index >= 15 is 4.39 Å². The number of carbonyl (C=O) groups is 1. The van der Waals surface area contributed by atoms with E-state index in [2.05, 4.69) is 75.4 Å². The molecule has 2 saturated carbocycles. The van der Waals surface area contributed by atoms with Crippen molar-refractivity contribution < 1.29 is 23.8 Å². The van der Waals surface area contributed by atoms with Gasteiger partial charge in [-0.25, -0.2) is 9.18 Å². The number of aliphatic hydroxyl groups excluding tert-OH is 1. The van der Waals surface area contributed by atoms with Crippen molar-refractivity contribution in [1.29, 1.82) is 0 Å². The predicted octanol–water partition coefficient (Wildman–Crippen LogP) is 9.10. The molecule has 4 aliphatic rings. The van der Waals surface area contributed by atoms with Crippen LogP contribution in [-0.2, 0) is 9.22 Å². The number of allylic oxidation sites excluding steroid dienone is 2. The summed E-state index contributed by atoms with van der Waals surface area (Å²) in [5.74, 6) is 0.151. The van der Waals surface area contributed by atoms with E-state index < -0.39 is 32.0 Å². The molecule has 0 radical (unpaired) electrons. The van der Waals surface area contributed by atoms with Crippen LogP contribution in [-0.4, -0.2) is 42.9 Å². The maximum atomic E-state index is 15.4. The second-order valence-corrected chi connectivity index (χ2v) is 21.9. The molecule has 2 N–H and O–H groups in total. The fourth-order valence-electron chi connectivity index (χ4n) is 10.1. The van der Waals surface area contributed by atoms with Gasteiger partial charge in [-0.05, 0) is 109 Å². The van der Waals surface area contributed by atoms with Crippen LogP contribution in [0.25, 0.3) is 0 Å². The first kappa shape index (κ1) is 32.9. The first-order valence-corrected chi connectivity index (χ1v) is 19.2. The topological polar surface area (TPSA) is 66.8 Å². The van der Waals surface area contributed by atoms with Gasteiger partial charge in [0.25, 0.3) is 0 Å². The lowest BCUT2D eigenvalue weighted by molar-refractivity contribution is -0.136. The molecule has 0 heterocycles. The number of fused-ring (bicyclic) bond motifs is 4. The highest BCUT2D eigenvalue weighted by molar-refractivity contribution is 6.74. The van der Waals surface area contributed by atoms with E-state index in [0.29, 0.717) is 30.6 Å². The third kappa shape index (κ3) is 5.14. The number of aliphatic carboxylic acids is 1. The number of hydrogen-bond donors (Lipinski definition) is 2. The van der Waals surface area contributed by atoms with Crippen molar-refractivity contribution in [3.63, 3.8) is 0 Å². The van der Waals surface area contributed by atoms with E-state index in [0.717, 1.165) is 38.5 Å². The number of rotatable bonds is 7. The number of alkyl halides is 1. The second kappa shape index (κ2) is 10.6. The molecule has 0 spiro atoms. The lowest BCUT2D eigenvalue weighted by atomic mass is 9.43. The maximum Gasteiger partial charge on any atom is 0.327 e. The molecule has 4 nitrogen and oxygen atoms in total. The third-order valence-corrected chi connectivity index (χ3v) is 18.3. The Kier molecular flexibility index (Phi) is 8.49. The summed E-state index contributed by atoms with van der Waals surface area (Å²) in [7, 11) is -2.08. The summed E-state index contributed by atoms with van der Waals surface area (Å²) in [4.78, 5) is 11.3. The van der Waals surface area contributed by atoms with E-state index in [4.69, 9.17) is 4.43 Å². The van der Waals surface area contributed by atoms with E-state index in [1.165, 1.54) is 11.6 Å². The SMILES string of the molecule is C[C@H](C(C/C=C/C(=O)O)O[Si](C)(C)C(C)(C)C)[C@H]1CC[C@@]2(C)C3=C(CC[C@]12C)[C@@]1(C)C[C@@H](F)[C@H](O)C(C)(C)C1CC3. The van der Waals surface area contributed by atoms with E-state index in [1.807, 2.05) is 0 Å². The van der Waals surface area contributed by atoms with E-state index in [-0.39, 0.29) is 27.4 Å². The van der Waals surface area contributed by atoms with Crippen LogP contribution in [0, 0.1) is 39.4 Å². The van der Waals surface area contributed by atoms with Crippen molar-refractivity contribution in [2.75, 3.05) is 0 Å². The van der Waals surface area contributed by atoms with Crippen molar-refractivity contribution in [1.82, 2.24) is 0 Å². The molecule has 0 bridgehead atoms. The van der Waals surface area contributed by atoms with Crippen LogP contribution in [0.15, 0.2) is 23.3 Å². The summed E-state index contributed by atoms with van der Waals surface area (Å²) >= 11 is 0. The average molecular weight is 591 g/mol. The highest BCUT2D eigenvalue weighted by Gasteiger charge is 2.65. The van der Waals surface area contributed by atoms with Gasteiger partial charge in [-0.2, -0.15) is 0 Å². The number of aliphatic hydroxyl groups is 1. The summed E-state index contributed by atoms with van der Waals surface area (Å²) in [6.07, 6.45) is 8.50. The Bertz CT molecular complexity index is 1090. The molecule has 234 valence electrons. The maximum absolute atomic E-state index is 15.4. The summed E-state index contributed by atoms with van der Waals surface area (Å²) in [6, 6.07) is 0. The molecule has 6 heteroatoms. The van der Waals surface area contributed by atoms with E-state index in [1.54, 1.807) is 11.6 Å². The third-order valence-electron chi connectivity index (χ3n) is 13.8. The van der Waals surface area contributed by atoms with Crippen molar-refractivity contribution in [3.8, 4) is 0 Å². The Morgan fingerprint density at radius 2 is 1.73 bits per heavy atom. The van der Waals surface area contributed by atoms with Gasteiger partial charge in [0.15, 0.2) is 8.32 Å². The number of halogens is 1. The van der Waals surface area contributed by atoms with Crippen LogP contribution in [0.3, 0.4) is 0 Å². The first-order chi connectivity index (χ1) is 18.6. The summed E-state index contributed by atoms with van der Waals surface area (Å²) < 4.78 is 22.5. The number of carboxylic acids is 1. The van der Waals surface area contributed by atoms with Gasteiger partial charge in [0, 0.05) is 6.08 Å².